The molecule has 1 aromatic carbocycles. The summed E-state index contributed by atoms with van der Waals surface area (Å²) in [6, 6.07) is 6.59. The zero-order valence-electron chi connectivity index (χ0n) is 12.6. The number of aromatic nitrogens is 2. The van der Waals surface area contributed by atoms with E-state index >= 15 is 0 Å². The van der Waals surface area contributed by atoms with Gasteiger partial charge in [0.05, 0.1) is 0 Å². The first-order valence-electron chi connectivity index (χ1n) is 6.78. The summed E-state index contributed by atoms with van der Waals surface area (Å²) in [4.78, 5) is 11.1. The van der Waals surface area contributed by atoms with Crippen LogP contribution in [0.4, 0.5) is 18.9 Å². The standard InChI is InChI=1S/C15H16F3N5/c1-9-5-10(2)7-11(6-9)22-14(19)21-8-13-20-4-3-12(23-13)15(16,17)18/h3-7H,8H2,1-2H3,(H3,19,21,22). The molecule has 5 nitrogen and oxygen atoms in total. The predicted octanol–water partition coefficient (Wildman–Crippen LogP) is 3.04. The molecule has 0 fully saturated rings. The smallest absolute Gasteiger partial charge is 0.370 e. The van der Waals surface area contributed by atoms with Gasteiger partial charge in [0.25, 0.3) is 0 Å². The molecule has 1 heterocycles. The first kappa shape index (κ1) is 16.7. The normalized spacial score (nSPS) is 12.3. The Labute approximate surface area is 131 Å². The van der Waals surface area contributed by atoms with Crippen molar-refractivity contribution in [3.63, 3.8) is 0 Å². The monoisotopic (exact) mass is 323 g/mol. The van der Waals surface area contributed by atoms with Crippen molar-refractivity contribution in [1.82, 2.24) is 9.97 Å². The summed E-state index contributed by atoms with van der Waals surface area (Å²) in [5, 5.41) is 2.89. The molecule has 122 valence electrons. The average Bonchev–Trinajstić information content (AvgIpc) is 2.43. The molecule has 0 bridgehead atoms. The first-order valence-corrected chi connectivity index (χ1v) is 6.78. The van der Waals surface area contributed by atoms with E-state index in [1.54, 1.807) is 0 Å². The molecule has 0 aliphatic rings. The number of nitrogens with two attached hydrogens (primary N) is 1. The van der Waals surface area contributed by atoms with Crippen molar-refractivity contribution in [3.05, 3.63) is 53.1 Å². The SMILES string of the molecule is Cc1cc(C)cc(NC(N)=NCc2nccc(C(F)(F)F)n2)c1. The van der Waals surface area contributed by atoms with Gasteiger partial charge in [0, 0.05) is 11.9 Å². The van der Waals surface area contributed by atoms with Crippen LogP contribution in [0.2, 0.25) is 0 Å². The number of halogens is 3. The van der Waals surface area contributed by atoms with Gasteiger partial charge in [0.2, 0.25) is 0 Å². The minimum Gasteiger partial charge on any atom is -0.370 e. The molecule has 2 aromatic rings. The third-order valence-corrected chi connectivity index (χ3v) is 2.88. The number of hydrogen-bond acceptors (Lipinski definition) is 3. The van der Waals surface area contributed by atoms with Crippen LogP contribution in [0.25, 0.3) is 0 Å². The summed E-state index contributed by atoms with van der Waals surface area (Å²) in [5.41, 5.74) is 7.61. The van der Waals surface area contributed by atoms with Crippen LogP contribution < -0.4 is 11.1 Å². The number of nitrogens with zero attached hydrogens (tertiary/aromatic N) is 3. The molecule has 3 N–H and O–H groups in total. The van der Waals surface area contributed by atoms with E-state index in [1.165, 1.54) is 0 Å². The number of guanidine groups is 1. The third-order valence-electron chi connectivity index (χ3n) is 2.88. The van der Waals surface area contributed by atoms with Crippen molar-refractivity contribution in [2.75, 3.05) is 5.32 Å². The second kappa shape index (κ2) is 6.64. The number of rotatable bonds is 3. The van der Waals surface area contributed by atoms with E-state index in [1.807, 2.05) is 32.0 Å². The lowest BCUT2D eigenvalue weighted by Gasteiger charge is -2.08. The van der Waals surface area contributed by atoms with Gasteiger partial charge in [0.1, 0.15) is 18.1 Å². The van der Waals surface area contributed by atoms with Crippen LogP contribution in [-0.2, 0) is 12.7 Å². The summed E-state index contributed by atoms with van der Waals surface area (Å²) in [6.45, 7) is 3.75. The van der Waals surface area contributed by atoms with E-state index in [-0.39, 0.29) is 18.3 Å². The number of hydrogen-bond donors (Lipinski definition) is 2. The zero-order chi connectivity index (χ0) is 17.0. The lowest BCUT2D eigenvalue weighted by molar-refractivity contribution is -0.141. The number of benzene rings is 1. The van der Waals surface area contributed by atoms with Crippen LogP contribution in [0.3, 0.4) is 0 Å². The fourth-order valence-electron chi connectivity index (χ4n) is 2.02. The fourth-order valence-corrected chi connectivity index (χ4v) is 2.02. The van der Waals surface area contributed by atoms with E-state index in [9.17, 15) is 13.2 Å². The van der Waals surface area contributed by atoms with Gasteiger partial charge in [-0.3, -0.25) is 0 Å². The number of aliphatic imine (C=N–C) groups is 1. The quantitative estimate of drug-likeness (QED) is 0.672. The van der Waals surface area contributed by atoms with Crippen molar-refractivity contribution in [3.8, 4) is 0 Å². The van der Waals surface area contributed by atoms with E-state index < -0.39 is 11.9 Å². The first-order chi connectivity index (χ1) is 10.7. The molecule has 23 heavy (non-hydrogen) atoms. The highest BCUT2D eigenvalue weighted by molar-refractivity contribution is 5.92. The number of aryl methyl sites for hydroxylation is 2. The van der Waals surface area contributed by atoms with Crippen molar-refractivity contribution in [1.29, 1.82) is 0 Å². The Hall–Kier alpha value is -2.64. The fraction of sp³-hybridized carbons (Fsp3) is 0.267. The van der Waals surface area contributed by atoms with Crippen LogP contribution in [0.15, 0.2) is 35.5 Å². The van der Waals surface area contributed by atoms with Crippen molar-refractivity contribution >= 4 is 11.6 Å². The van der Waals surface area contributed by atoms with Gasteiger partial charge in [0.15, 0.2) is 5.96 Å². The number of alkyl halides is 3. The van der Waals surface area contributed by atoms with Gasteiger partial charge in [-0.05, 0) is 43.2 Å². The maximum Gasteiger partial charge on any atom is 0.433 e. The molecule has 0 saturated heterocycles. The molecule has 0 radical (unpaired) electrons. The van der Waals surface area contributed by atoms with E-state index in [0.29, 0.717) is 0 Å². The molecular weight excluding hydrogens is 307 g/mol. The van der Waals surface area contributed by atoms with Crippen LogP contribution in [-0.4, -0.2) is 15.9 Å². The maximum atomic E-state index is 12.6. The topological polar surface area (TPSA) is 76.2 Å². The Kier molecular flexibility index (Phi) is 4.83. The van der Waals surface area contributed by atoms with Crippen molar-refractivity contribution in [2.45, 2.75) is 26.6 Å². The Morgan fingerprint density at radius 1 is 1.22 bits per heavy atom. The molecular formula is C15H16F3N5. The van der Waals surface area contributed by atoms with Crippen LogP contribution >= 0.6 is 0 Å². The molecule has 1 aromatic heterocycles. The molecule has 8 heteroatoms. The van der Waals surface area contributed by atoms with Gasteiger partial charge in [-0.25, -0.2) is 15.0 Å². The highest BCUT2D eigenvalue weighted by atomic mass is 19.4. The van der Waals surface area contributed by atoms with Gasteiger partial charge in [-0.15, -0.1) is 0 Å². The highest BCUT2D eigenvalue weighted by Gasteiger charge is 2.32. The summed E-state index contributed by atoms with van der Waals surface area (Å²) in [6.07, 6.45) is -3.46. The Morgan fingerprint density at radius 3 is 2.48 bits per heavy atom. The zero-order valence-corrected chi connectivity index (χ0v) is 12.6. The summed E-state index contributed by atoms with van der Waals surface area (Å²) >= 11 is 0. The van der Waals surface area contributed by atoms with Crippen LogP contribution in [0, 0.1) is 13.8 Å². The Balaban J connectivity index is 2.07. The Morgan fingerprint density at radius 2 is 1.87 bits per heavy atom. The van der Waals surface area contributed by atoms with Crippen molar-refractivity contribution in [2.24, 2.45) is 10.7 Å². The second-order valence-corrected chi connectivity index (χ2v) is 5.06. The lowest BCUT2D eigenvalue weighted by atomic mass is 10.1. The molecule has 0 unspecified atom stereocenters. The van der Waals surface area contributed by atoms with E-state index in [4.69, 9.17) is 5.73 Å². The van der Waals surface area contributed by atoms with Gasteiger partial charge < -0.3 is 11.1 Å². The highest BCUT2D eigenvalue weighted by Crippen LogP contribution is 2.26. The molecule has 0 aliphatic heterocycles. The predicted molar refractivity (Wildman–Crippen MR) is 81.9 cm³/mol. The molecule has 0 saturated carbocycles. The van der Waals surface area contributed by atoms with Gasteiger partial charge in [-0.2, -0.15) is 13.2 Å². The van der Waals surface area contributed by atoms with E-state index in [2.05, 4.69) is 20.3 Å². The van der Waals surface area contributed by atoms with Gasteiger partial charge >= 0.3 is 6.18 Å². The van der Waals surface area contributed by atoms with Crippen LogP contribution in [0.5, 0.6) is 0 Å². The average molecular weight is 323 g/mol. The molecule has 0 aliphatic carbocycles. The van der Waals surface area contributed by atoms with E-state index in [0.717, 1.165) is 29.1 Å². The number of nitrogens with one attached hydrogen (secondary N) is 1. The van der Waals surface area contributed by atoms with Crippen LogP contribution in [0.1, 0.15) is 22.6 Å². The second-order valence-electron chi connectivity index (χ2n) is 5.06. The molecule has 2 rings (SSSR count). The Bertz CT molecular complexity index is 705. The molecule has 0 spiro atoms. The minimum atomic E-state index is -4.51. The van der Waals surface area contributed by atoms with Crippen molar-refractivity contribution < 1.29 is 13.2 Å². The summed E-state index contributed by atoms with van der Waals surface area (Å²) < 4.78 is 37.7. The minimum absolute atomic E-state index is 0.0509. The largest absolute Gasteiger partial charge is 0.433 e. The number of anilines is 1. The summed E-state index contributed by atoms with van der Waals surface area (Å²) in [7, 11) is 0. The third kappa shape index (κ3) is 4.94. The molecule has 0 atom stereocenters. The summed E-state index contributed by atoms with van der Waals surface area (Å²) in [5.74, 6) is 0.0287. The van der Waals surface area contributed by atoms with Gasteiger partial charge in [-0.1, -0.05) is 6.07 Å². The maximum absolute atomic E-state index is 12.6. The molecule has 0 amide bonds. The lowest BCUT2D eigenvalue weighted by Crippen LogP contribution is -2.23.